The Labute approximate surface area is 468 Å². The molecule has 0 saturated carbocycles. The van der Waals surface area contributed by atoms with Gasteiger partial charge in [0.05, 0.1) is 0 Å². The molecule has 3 heterocycles. The van der Waals surface area contributed by atoms with Gasteiger partial charge in [0.1, 0.15) is 5.82 Å². The molecular weight excluding hydrogens is 1110 g/mol. The van der Waals surface area contributed by atoms with Crippen molar-refractivity contribution in [2.75, 3.05) is 9.80 Å². The molecule has 2 aromatic heterocycles. The van der Waals surface area contributed by atoms with Gasteiger partial charge in [0.25, 0.3) is 0 Å². The first-order chi connectivity index (χ1) is 36.2. The molecular formula is C70H75N4OPt-3. The van der Waals surface area contributed by atoms with E-state index < -0.39 is 0 Å². The van der Waals surface area contributed by atoms with Crippen molar-refractivity contribution in [3.05, 3.63) is 222 Å². The van der Waals surface area contributed by atoms with E-state index in [2.05, 4.69) is 260 Å². The average molecular weight is 1180 g/mol. The molecule has 0 fully saturated rings. The summed E-state index contributed by atoms with van der Waals surface area (Å²) in [6.07, 6.45) is 10.3. The molecule has 7 aromatic carbocycles. The molecule has 0 atom stereocenters. The first-order valence-corrected chi connectivity index (χ1v) is 27.7. The van der Waals surface area contributed by atoms with Gasteiger partial charge in [-0.1, -0.05) is 210 Å². The zero-order valence-corrected chi connectivity index (χ0v) is 48.7. The summed E-state index contributed by atoms with van der Waals surface area (Å²) >= 11 is 0. The smallest absolute Gasteiger partial charge is 0.135 e. The van der Waals surface area contributed by atoms with E-state index in [-0.39, 0.29) is 42.7 Å². The molecule has 394 valence electrons. The van der Waals surface area contributed by atoms with Crippen LogP contribution in [0.2, 0.25) is 0 Å². The Morgan fingerprint density at radius 2 is 1.03 bits per heavy atom. The van der Waals surface area contributed by atoms with Gasteiger partial charge in [-0.3, -0.25) is 0 Å². The monoisotopic (exact) mass is 1180 g/mol. The topological polar surface area (TPSA) is 33.5 Å². The first-order valence-electron chi connectivity index (χ1n) is 27.7. The van der Waals surface area contributed by atoms with E-state index in [0.717, 1.165) is 102 Å². The number of anilines is 4. The second-order valence-electron chi connectivity index (χ2n) is 23.0. The van der Waals surface area contributed by atoms with Crippen LogP contribution in [0.5, 0.6) is 11.5 Å². The quantitative estimate of drug-likeness (QED) is 0.0851. The van der Waals surface area contributed by atoms with E-state index in [1.807, 2.05) is 12.3 Å². The van der Waals surface area contributed by atoms with Crippen molar-refractivity contribution in [2.45, 2.75) is 142 Å². The van der Waals surface area contributed by atoms with Gasteiger partial charge in [-0.15, -0.1) is 53.6 Å². The molecule has 0 spiro atoms. The number of hydrogen-bond acceptors (Lipinski definition) is 4. The predicted octanol–water partition coefficient (Wildman–Crippen LogP) is 19.3. The Balaban J connectivity index is 0.00000706. The molecule has 0 bridgehead atoms. The molecule has 9 aromatic rings. The summed E-state index contributed by atoms with van der Waals surface area (Å²) < 4.78 is 9.25. The number of rotatable bonds is 17. The van der Waals surface area contributed by atoms with Crippen LogP contribution in [-0.2, 0) is 42.7 Å². The molecule has 5 nitrogen and oxygen atoms in total. The van der Waals surface area contributed by atoms with E-state index in [1.54, 1.807) is 0 Å². The number of hydrogen-bond donors (Lipinski definition) is 0. The van der Waals surface area contributed by atoms with Crippen LogP contribution in [-0.4, -0.2) is 9.55 Å². The number of para-hydroxylation sites is 4. The van der Waals surface area contributed by atoms with Gasteiger partial charge in [-0.05, 0) is 100 Å². The summed E-state index contributed by atoms with van der Waals surface area (Å²) in [5.74, 6) is 2.11. The van der Waals surface area contributed by atoms with Gasteiger partial charge >= 0.3 is 0 Å². The summed E-state index contributed by atoms with van der Waals surface area (Å²) in [6.45, 7) is 25.3. The van der Waals surface area contributed by atoms with E-state index in [0.29, 0.717) is 11.5 Å². The molecule has 10 rings (SSSR count). The van der Waals surface area contributed by atoms with Gasteiger partial charge in [0.2, 0.25) is 0 Å². The molecule has 0 saturated heterocycles. The second kappa shape index (κ2) is 22.3. The van der Waals surface area contributed by atoms with E-state index in [9.17, 15) is 0 Å². The van der Waals surface area contributed by atoms with Crippen LogP contribution in [0.15, 0.2) is 170 Å². The Morgan fingerprint density at radius 1 is 0.487 bits per heavy atom. The van der Waals surface area contributed by atoms with Crippen LogP contribution in [0.25, 0.3) is 27.6 Å². The summed E-state index contributed by atoms with van der Waals surface area (Å²) in [5.41, 5.74) is 13.6. The maximum absolute atomic E-state index is 7.02. The Hall–Kier alpha value is -6.42. The summed E-state index contributed by atoms with van der Waals surface area (Å²) in [4.78, 5) is 9.84. The normalized spacial score (nSPS) is 13.1. The molecule has 0 radical (unpaired) electrons. The largest absolute Gasteiger partial charge is 0.509 e. The zero-order chi connectivity index (χ0) is 52.5. The van der Waals surface area contributed by atoms with Crippen LogP contribution in [0.1, 0.15) is 154 Å². The third-order valence-corrected chi connectivity index (χ3v) is 15.9. The molecule has 76 heavy (non-hydrogen) atoms. The van der Waals surface area contributed by atoms with Crippen LogP contribution in [0, 0.1) is 18.8 Å². The fraction of sp³-hybridized carbons (Fsp3) is 0.314. The average Bonchev–Trinajstić information content (AvgIpc) is 4.01. The van der Waals surface area contributed by atoms with Crippen LogP contribution in [0.3, 0.4) is 0 Å². The minimum Gasteiger partial charge on any atom is -0.509 e. The van der Waals surface area contributed by atoms with Crippen molar-refractivity contribution in [1.82, 2.24) is 9.55 Å². The minimum atomic E-state index is -0.235. The molecule has 1 aliphatic rings. The van der Waals surface area contributed by atoms with Gasteiger partial charge in [0.15, 0.2) is 0 Å². The Morgan fingerprint density at radius 3 is 1.59 bits per heavy atom. The summed E-state index contributed by atoms with van der Waals surface area (Å²) in [7, 11) is 0. The van der Waals surface area contributed by atoms with Crippen LogP contribution in [0.4, 0.5) is 22.7 Å². The van der Waals surface area contributed by atoms with Gasteiger partial charge in [0, 0.05) is 72.2 Å². The van der Waals surface area contributed by atoms with Gasteiger partial charge in [-0.25, -0.2) is 4.98 Å². The third kappa shape index (κ3) is 10.1. The van der Waals surface area contributed by atoms with Crippen molar-refractivity contribution < 1.29 is 25.8 Å². The van der Waals surface area contributed by atoms with E-state index >= 15 is 0 Å². The molecule has 1 aliphatic heterocycles. The number of pyridine rings is 1. The summed E-state index contributed by atoms with van der Waals surface area (Å²) in [5, 5.41) is 2.25. The van der Waals surface area contributed by atoms with Crippen molar-refractivity contribution in [3.8, 4) is 17.3 Å². The van der Waals surface area contributed by atoms with Crippen molar-refractivity contribution in [3.63, 3.8) is 0 Å². The molecule has 6 heteroatoms. The maximum atomic E-state index is 7.02. The number of fused-ring (bicyclic) bond motifs is 4. The Kier molecular flexibility index (Phi) is 15.9. The second-order valence-corrected chi connectivity index (χ2v) is 23.0. The van der Waals surface area contributed by atoms with Gasteiger partial charge < -0.3 is 19.1 Å². The fourth-order valence-corrected chi connectivity index (χ4v) is 12.4. The van der Waals surface area contributed by atoms with E-state index in [4.69, 9.17) is 9.72 Å². The molecule has 0 aliphatic carbocycles. The Bertz CT molecular complexity index is 3350. The number of benzene rings is 7. The molecule has 0 amide bonds. The third-order valence-electron chi connectivity index (χ3n) is 15.9. The zero-order valence-electron chi connectivity index (χ0n) is 46.4. The van der Waals surface area contributed by atoms with Crippen LogP contribution < -0.4 is 14.5 Å². The number of ether oxygens (including phenoxy) is 1. The molecule has 0 unspecified atom stereocenters. The minimum absolute atomic E-state index is 0. The number of nitrogens with zero attached hydrogens (tertiary/aromatic N) is 4. The SMILES string of the molecule is CCCC(CCC)(c1ccccc1)c1cccc(C(CCC)(CCC)c2ccccc2)c1N1[CH-]N(c2[c-]c(Oc3[c-]c4c(cc3)c3ccccc3n4-c3cc(C(C)(C)C)ccn3)cc(C(C)(C)C)c2)c2ccccc21.[Pt]. The standard InChI is InChI=1S/C70H75N4O.Pt/c1-11-39-69(40-12-2,50-26-17-15-18-27-50)59-31-25-32-60(70(41-13-3,42-14-4)51-28-19-16-20-29-51)66(59)73-49-72(62-34-23-24-35-63(62)73)54-44-53(68(8,9)10)45-56(47-54)75-55-36-37-58-57-30-21-22-33-61(57)74(64(58)48-55)65-46-52(38-43-71-65)67(5,6)7;/h15-38,43-46,49H,11-14,39-42H2,1-10H3;/q-3;. The maximum Gasteiger partial charge on any atom is 0.135 e. The molecule has 0 N–H and O–H groups in total. The van der Waals surface area contributed by atoms with Crippen molar-refractivity contribution in [2.24, 2.45) is 0 Å². The predicted molar refractivity (Wildman–Crippen MR) is 316 cm³/mol. The van der Waals surface area contributed by atoms with E-state index in [1.165, 1.54) is 33.5 Å². The number of aromatic nitrogens is 2. The van der Waals surface area contributed by atoms with Crippen molar-refractivity contribution >= 4 is 44.6 Å². The fourth-order valence-electron chi connectivity index (χ4n) is 12.4. The van der Waals surface area contributed by atoms with Crippen LogP contribution >= 0.6 is 0 Å². The summed E-state index contributed by atoms with van der Waals surface area (Å²) in [6, 6.07) is 68.1. The first kappa shape index (κ1) is 54.4. The van der Waals surface area contributed by atoms with Crippen molar-refractivity contribution in [1.29, 1.82) is 0 Å². The van der Waals surface area contributed by atoms with Gasteiger partial charge in [-0.2, -0.15) is 6.07 Å².